The summed E-state index contributed by atoms with van der Waals surface area (Å²) in [5, 5.41) is 0. The van der Waals surface area contributed by atoms with Crippen LogP contribution in [-0.4, -0.2) is 63.0 Å². The lowest BCUT2D eigenvalue weighted by atomic mass is 9.47. The maximum Gasteiger partial charge on any atom is 0.472 e. The summed E-state index contributed by atoms with van der Waals surface area (Å²) in [6.07, 6.45) is 42.1. The van der Waals surface area contributed by atoms with Gasteiger partial charge < -0.3 is 14.1 Å². The Morgan fingerprint density at radius 2 is 1.22 bits per heavy atom. The van der Waals surface area contributed by atoms with Crippen LogP contribution in [0.5, 0.6) is 0 Å². The van der Waals surface area contributed by atoms with Gasteiger partial charge in [0.15, 0.2) is 0 Å². The third-order valence-electron chi connectivity index (χ3n) is 16.4. The molecule has 0 aromatic carbocycles. The Morgan fingerprint density at radius 1 is 0.678 bits per heavy atom. The highest BCUT2D eigenvalue weighted by Gasteiger charge is 2.59. The normalized spacial score (nSPS) is 29.8. The van der Waals surface area contributed by atoms with Crippen molar-refractivity contribution in [2.75, 3.05) is 47.5 Å². The maximum absolute atomic E-state index is 11.9. The maximum atomic E-state index is 11.9. The lowest BCUT2D eigenvalue weighted by molar-refractivity contribution is -0.870. The van der Waals surface area contributed by atoms with Gasteiger partial charge in [0, 0.05) is 6.61 Å². The first kappa shape index (κ1) is 51.4. The summed E-state index contributed by atoms with van der Waals surface area (Å²) < 4.78 is 29.4. The van der Waals surface area contributed by atoms with Crippen LogP contribution in [0.4, 0.5) is 0 Å². The fourth-order valence-electron chi connectivity index (χ4n) is 12.7. The molecule has 0 amide bonds. The number of nitrogens with zero attached hydrogens (tertiary/aromatic N) is 1. The van der Waals surface area contributed by atoms with Crippen LogP contribution in [0.15, 0.2) is 11.6 Å². The summed E-state index contributed by atoms with van der Waals surface area (Å²) >= 11 is 0. The number of quaternary nitrogens is 1. The lowest BCUT2D eigenvalue weighted by Crippen LogP contribution is -2.51. The zero-order chi connectivity index (χ0) is 42.8. The Hall–Kier alpha value is -0.230. The van der Waals surface area contributed by atoms with Crippen molar-refractivity contribution in [2.24, 2.45) is 46.3 Å². The first-order valence-electron chi connectivity index (χ1n) is 25.9. The van der Waals surface area contributed by atoms with Crippen molar-refractivity contribution in [3.63, 3.8) is 0 Å². The predicted octanol–water partition coefficient (Wildman–Crippen LogP) is 15.3. The molecule has 4 aliphatic rings. The third-order valence-corrected chi connectivity index (χ3v) is 17.4. The molecule has 3 fully saturated rings. The van der Waals surface area contributed by atoms with Gasteiger partial charge in [0.25, 0.3) is 0 Å². The number of allylic oxidation sites excluding steroid dienone is 1. The van der Waals surface area contributed by atoms with Gasteiger partial charge in [-0.3, -0.25) is 9.05 Å². The van der Waals surface area contributed by atoms with E-state index in [0.29, 0.717) is 34.6 Å². The highest BCUT2D eigenvalue weighted by atomic mass is 31.2. The van der Waals surface area contributed by atoms with Gasteiger partial charge in [-0.15, -0.1) is 0 Å². The second-order valence-corrected chi connectivity index (χ2v) is 24.0. The molecule has 0 bridgehead atoms. The van der Waals surface area contributed by atoms with Crippen LogP contribution in [0, 0.1) is 46.3 Å². The SMILES string of the molecule is CC(C)CCC[C@@H](C)[C@H]1CC[C@H]2[C@@H]3CC=C4C[C@@H](OCCCCCCCCCCCCCCCCCCCCOP(=O)(O)OCC[N+](C)(C)C)CC[C@]4(C)[C@H]3CC[C@]12C. The van der Waals surface area contributed by atoms with E-state index in [1.54, 1.807) is 5.57 Å². The molecule has 1 N–H and O–H groups in total. The van der Waals surface area contributed by atoms with Gasteiger partial charge in [0.1, 0.15) is 13.2 Å². The van der Waals surface area contributed by atoms with Crippen LogP contribution in [0.25, 0.3) is 0 Å². The monoisotopic (exact) mass is 849 g/mol. The summed E-state index contributed by atoms with van der Waals surface area (Å²) in [7, 11) is 2.17. The number of unbranched alkanes of at least 4 members (excludes halogenated alkanes) is 17. The highest BCUT2D eigenvalue weighted by molar-refractivity contribution is 7.47. The second-order valence-electron chi connectivity index (χ2n) is 22.5. The number of ether oxygens (including phenoxy) is 1. The fraction of sp³-hybridized carbons (Fsp3) is 0.962. The molecule has 7 heteroatoms. The van der Waals surface area contributed by atoms with Gasteiger partial charge in [0.2, 0.25) is 0 Å². The van der Waals surface area contributed by atoms with Crippen LogP contribution in [-0.2, 0) is 18.3 Å². The molecule has 4 rings (SSSR count). The number of rotatable bonds is 32. The van der Waals surface area contributed by atoms with Crippen LogP contribution < -0.4 is 0 Å². The second kappa shape index (κ2) is 25.9. The quantitative estimate of drug-likeness (QED) is 0.0316. The van der Waals surface area contributed by atoms with E-state index in [0.717, 1.165) is 55.0 Å². The van der Waals surface area contributed by atoms with Crippen LogP contribution in [0.3, 0.4) is 0 Å². The van der Waals surface area contributed by atoms with E-state index >= 15 is 0 Å². The van der Waals surface area contributed by atoms with E-state index in [4.69, 9.17) is 13.8 Å². The summed E-state index contributed by atoms with van der Waals surface area (Å²) in [4.78, 5) is 9.79. The highest BCUT2D eigenvalue weighted by Crippen LogP contribution is 2.67. The number of phosphoric acid groups is 1. The molecular formula is C52H99NO5P+. The van der Waals surface area contributed by atoms with Gasteiger partial charge in [-0.25, -0.2) is 4.57 Å². The lowest BCUT2D eigenvalue weighted by Gasteiger charge is -2.58. The molecule has 0 saturated heterocycles. The van der Waals surface area contributed by atoms with Gasteiger partial charge in [-0.1, -0.05) is 168 Å². The number of phosphoric ester groups is 1. The molecule has 346 valence electrons. The molecule has 0 aromatic rings. The topological polar surface area (TPSA) is 65.0 Å². The predicted molar refractivity (Wildman–Crippen MR) is 251 cm³/mol. The molecule has 3 saturated carbocycles. The van der Waals surface area contributed by atoms with Crippen LogP contribution in [0.2, 0.25) is 0 Å². The first-order chi connectivity index (χ1) is 28.1. The van der Waals surface area contributed by atoms with E-state index < -0.39 is 7.82 Å². The van der Waals surface area contributed by atoms with E-state index in [1.807, 2.05) is 21.1 Å². The Bertz CT molecular complexity index is 1230. The molecule has 6 nitrogen and oxygen atoms in total. The standard InChI is InChI=1S/C52H98NO5P/c1-43(2)28-27-29-44(3)48-32-33-49-47-31-30-45-42-46(34-36-51(45,4)50(47)35-37-52(48,49)5)56-39-25-23-21-19-17-15-13-11-9-10-12-14-16-18-20-22-24-26-40-57-59(54,55)58-41-38-53(6,7)8/h30,43-44,46-50H,9-29,31-42H2,1-8H3/p+1/t44-,46+,47+,48-,49+,50+,51+,52-/m1/s1. The molecule has 0 aromatic heterocycles. The zero-order valence-electron chi connectivity index (χ0n) is 40.4. The summed E-state index contributed by atoms with van der Waals surface area (Å²) in [6, 6.07) is 0. The van der Waals surface area contributed by atoms with Crippen molar-refractivity contribution in [3.8, 4) is 0 Å². The van der Waals surface area contributed by atoms with Crippen molar-refractivity contribution in [2.45, 2.75) is 227 Å². The first-order valence-corrected chi connectivity index (χ1v) is 27.4. The zero-order valence-corrected chi connectivity index (χ0v) is 41.3. The Kier molecular flexibility index (Phi) is 22.6. The molecule has 1 unspecified atom stereocenters. The smallest absolute Gasteiger partial charge is 0.378 e. The van der Waals surface area contributed by atoms with Crippen molar-refractivity contribution in [1.29, 1.82) is 0 Å². The van der Waals surface area contributed by atoms with E-state index in [-0.39, 0.29) is 6.61 Å². The molecule has 59 heavy (non-hydrogen) atoms. The Balaban J connectivity index is 0.926. The minimum absolute atomic E-state index is 0.229. The molecule has 9 atom stereocenters. The molecule has 0 aliphatic heterocycles. The minimum Gasteiger partial charge on any atom is -0.378 e. The third kappa shape index (κ3) is 17.3. The van der Waals surface area contributed by atoms with Crippen LogP contribution in [0.1, 0.15) is 221 Å². The molecule has 4 aliphatic carbocycles. The Morgan fingerprint density at radius 3 is 1.78 bits per heavy atom. The van der Waals surface area contributed by atoms with Gasteiger partial charge in [-0.2, -0.15) is 0 Å². The number of fused-ring (bicyclic) bond motifs is 5. The summed E-state index contributed by atoms with van der Waals surface area (Å²) in [6.45, 7) is 15.0. The number of hydrogen-bond donors (Lipinski definition) is 1. The molecule has 0 heterocycles. The van der Waals surface area contributed by atoms with Crippen molar-refractivity contribution in [1.82, 2.24) is 0 Å². The largest absolute Gasteiger partial charge is 0.472 e. The fourth-order valence-corrected chi connectivity index (χ4v) is 13.5. The van der Waals surface area contributed by atoms with E-state index in [1.165, 1.54) is 173 Å². The van der Waals surface area contributed by atoms with Gasteiger partial charge in [0.05, 0.1) is 33.9 Å². The van der Waals surface area contributed by atoms with Crippen molar-refractivity contribution < 1.29 is 27.7 Å². The average Bonchev–Trinajstić information content (AvgIpc) is 3.53. The minimum atomic E-state index is -3.91. The summed E-state index contributed by atoms with van der Waals surface area (Å²) in [5.74, 6) is 5.50. The van der Waals surface area contributed by atoms with Crippen molar-refractivity contribution >= 4 is 7.82 Å². The molecule has 0 radical (unpaired) electrons. The number of hydrogen-bond acceptors (Lipinski definition) is 4. The van der Waals surface area contributed by atoms with E-state index in [9.17, 15) is 9.46 Å². The van der Waals surface area contributed by atoms with E-state index in [2.05, 4.69) is 40.7 Å². The van der Waals surface area contributed by atoms with Crippen LogP contribution >= 0.6 is 7.82 Å². The van der Waals surface area contributed by atoms with Gasteiger partial charge >= 0.3 is 7.82 Å². The van der Waals surface area contributed by atoms with Gasteiger partial charge in [-0.05, 0) is 111 Å². The Labute approximate surface area is 366 Å². The molecular weight excluding hydrogens is 750 g/mol. The average molecular weight is 849 g/mol. The number of likely N-dealkylation sites (N-methyl/N-ethyl adjacent to an activating group) is 1. The summed E-state index contributed by atoms with van der Waals surface area (Å²) in [5.41, 5.74) is 2.81. The molecule has 0 spiro atoms. The van der Waals surface area contributed by atoms with Crippen molar-refractivity contribution in [3.05, 3.63) is 11.6 Å².